The number of amides is 1. The number of aromatic amines is 1. The van der Waals surface area contributed by atoms with E-state index >= 15 is 0 Å². The molecule has 21 heavy (non-hydrogen) atoms. The van der Waals surface area contributed by atoms with Gasteiger partial charge in [0.1, 0.15) is 11.0 Å². The quantitative estimate of drug-likeness (QED) is 0.715. The Hall–Kier alpha value is -2.66. The Kier molecular flexibility index (Phi) is 3.41. The summed E-state index contributed by atoms with van der Waals surface area (Å²) in [6.07, 6.45) is 0. The number of anilines is 1. The molecule has 0 saturated heterocycles. The van der Waals surface area contributed by atoms with Gasteiger partial charge in [-0.15, -0.1) is 0 Å². The zero-order chi connectivity index (χ0) is 14.8. The number of para-hydroxylation sites is 1. The molecule has 3 rings (SSSR count). The van der Waals surface area contributed by atoms with Crippen molar-refractivity contribution in [2.24, 2.45) is 0 Å². The van der Waals surface area contributed by atoms with Crippen LogP contribution in [-0.2, 0) is 0 Å². The van der Waals surface area contributed by atoms with Crippen LogP contribution in [0.25, 0.3) is 10.9 Å². The highest BCUT2D eigenvalue weighted by atomic mass is 35.5. The second-order valence-corrected chi connectivity index (χ2v) is 4.78. The van der Waals surface area contributed by atoms with Crippen molar-refractivity contribution in [2.75, 3.05) is 5.32 Å². The van der Waals surface area contributed by atoms with E-state index in [4.69, 9.17) is 11.6 Å². The number of carbonyl (C=O) groups is 1. The van der Waals surface area contributed by atoms with Gasteiger partial charge in [0.2, 0.25) is 5.56 Å². The van der Waals surface area contributed by atoms with E-state index in [1.807, 2.05) is 0 Å². The molecule has 0 bridgehead atoms. The first-order valence-electron chi connectivity index (χ1n) is 6.19. The number of halogens is 1. The third-order valence-corrected chi connectivity index (χ3v) is 3.16. The van der Waals surface area contributed by atoms with E-state index in [9.17, 15) is 9.59 Å². The molecule has 1 amide bonds. The standard InChI is InChI=1S/C15H10ClN3O2/c16-12-6-3-7-13(18-12)19-15(21)10-8-14(20)17-11-5-2-1-4-9(10)11/h1-8H,(H,17,20)(H,18,19,21). The zero-order valence-corrected chi connectivity index (χ0v) is 11.5. The summed E-state index contributed by atoms with van der Waals surface area (Å²) >= 11 is 5.78. The molecule has 6 heteroatoms. The number of nitrogens with one attached hydrogen (secondary N) is 2. The van der Waals surface area contributed by atoms with Crippen molar-refractivity contribution in [3.63, 3.8) is 0 Å². The van der Waals surface area contributed by atoms with Crippen molar-refractivity contribution >= 4 is 34.2 Å². The summed E-state index contributed by atoms with van der Waals surface area (Å²) in [5, 5.41) is 3.58. The molecule has 0 saturated carbocycles. The Morgan fingerprint density at radius 3 is 2.76 bits per heavy atom. The lowest BCUT2D eigenvalue weighted by molar-refractivity contribution is 0.102. The summed E-state index contributed by atoms with van der Waals surface area (Å²) < 4.78 is 0. The molecular formula is C15H10ClN3O2. The third kappa shape index (κ3) is 2.78. The van der Waals surface area contributed by atoms with Crippen LogP contribution in [0.2, 0.25) is 5.15 Å². The zero-order valence-electron chi connectivity index (χ0n) is 10.8. The molecule has 0 aliphatic carbocycles. The fraction of sp³-hybridized carbons (Fsp3) is 0. The summed E-state index contributed by atoms with van der Waals surface area (Å²) in [6, 6.07) is 13.3. The van der Waals surface area contributed by atoms with Crippen LogP contribution in [-0.4, -0.2) is 15.9 Å². The van der Waals surface area contributed by atoms with Crippen LogP contribution in [0.4, 0.5) is 5.82 Å². The number of H-pyrrole nitrogens is 1. The molecule has 1 aromatic carbocycles. The first-order valence-corrected chi connectivity index (χ1v) is 6.57. The second-order valence-electron chi connectivity index (χ2n) is 4.39. The van der Waals surface area contributed by atoms with Crippen molar-refractivity contribution in [1.29, 1.82) is 0 Å². The van der Waals surface area contributed by atoms with Gasteiger partial charge in [0.15, 0.2) is 0 Å². The summed E-state index contributed by atoms with van der Waals surface area (Å²) in [5.41, 5.74) is 0.559. The lowest BCUT2D eigenvalue weighted by Crippen LogP contribution is -2.17. The van der Waals surface area contributed by atoms with Crippen molar-refractivity contribution in [3.8, 4) is 0 Å². The highest BCUT2D eigenvalue weighted by Crippen LogP contribution is 2.16. The number of rotatable bonds is 2. The highest BCUT2D eigenvalue weighted by molar-refractivity contribution is 6.29. The largest absolute Gasteiger partial charge is 0.322 e. The number of pyridine rings is 2. The number of benzene rings is 1. The minimum Gasteiger partial charge on any atom is -0.322 e. The van der Waals surface area contributed by atoms with Gasteiger partial charge in [-0.3, -0.25) is 9.59 Å². The third-order valence-electron chi connectivity index (χ3n) is 2.95. The minimum atomic E-state index is -0.410. The van der Waals surface area contributed by atoms with Crippen molar-refractivity contribution in [2.45, 2.75) is 0 Å². The second kappa shape index (κ2) is 5.38. The molecule has 2 N–H and O–H groups in total. The van der Waals surface area contributed by atoms with E-state index < -0.39 is 5.91 Å². The van der Waals surface area contributed by atoms with Gasteiger partial charge in [0.05, 0.1) is 5.56 Å². The van der Waals surface area contributed by atoms with E-state index in [0.29, 0.717) is 16.7 Å². The van der Waals surface area contributed by atoms with E-state index in [0.717, 1.165) is 0 Å². The molecule has 0 fully saturated rings. The summed E-state index contributed by atoms with van der Waals surface area (Å²) in [5.74, 6) is -0.0797. The van der Waals surface area contributed by atoms with E-state index in [-0.39, 0.29) is 16.3 Å². The molecule has 2 heterocycles. The molecule has 3 aromatic rings. The topological polar surface area (TPSA) is 74.8 Å². The van der Waals surface area contributed by atoms with Gasteiger partial charge in [0.25, 0.3) is 5.91 Å². The lowest BCUT2D eigenvalue weighted by atomic mass is 10.1. The molecular weight excluding hydrogens is 290 g/mol. The average Bonchev–Trinajstić information content (AvgIpc) is 2.46. The SMILES string of the molecule is O=C(Nc1cccc(Cl)n1)c1cc(=O)[nH]c2ccccc12. The fourth-order valence-corrected chi connectivity index (χ4v) is 2.22. The number of fused-ring (bicyclic) bond motifs is 1. The van der Waals surface area contributed by atoms with Crippen LogP contribution in [0.3, 0.4) is 0 Å². The number of aromatic nitrogens is 2. The number of nitrogens with zero attached hydrogens (tertiary/aromatic N) is 1. The van der Waals surface area contributed by atoms with Gasteiger partial charge in [-0.1, -0.05) is 35.9 Å². The van der Waals surface area contributed by atoms with Crippen molar-refractivity contribution in [3.05, 3.63) is 69.6 Å². The minimum absolute atomic E-state index is 0.281. The monoisotopic (exact) mass is 299 g/mol. The molecule has 0 radical (unpaired) electrons. The van der Waals surface area contributed by atoms with Crippen LogP contribution >= 0.6 is 11.6 Å². The van der Waals surface area contributed by atoms with Crippen LogP contribution < -0.4 is 10.9 Å². The highest BCUT2D eigenvalue weighted by Gasteiger charge is 2.12. The summed E-state index contributed by atoms with van der Waals surface area (Å²) in [4.78, 5) is 30.7. The Balaban J connectivity index is 2.04. The van der Waals surface area contributed by atoms with E-state index in [1.54, 1.807) is 42.5 Å². The Morgan fingerprint density at radius 2 is 1.95 bits per heavy atom. The van der Waals surface area contributed by atoms with Crippen LogP contribution in [0.5, 0.6) is 0 Å². The van der Waals surface area contributed by atoms with Gasteiger partial charge < -0.3 is 10.3 Å². The maximum Gasteiger partial charge on any atom is 0.257 e. The Morgan fingerprint density at radius 1 is 1.14 bits per heavy atom. The number of hydrogen-bond donors (Lipinski definition) is 2. The number of hydrogen-bond acceptors (Lipinski definition) is 3. The van der Waals surface area contributed by atoms with Gasteiger partial charge in [-0.05, 0) is 18.2 Å². The maximum absolute atomic E-state index is 12.3. The number of carbonyl (C=O) groups excluding carboxylic acids is 1. The molecule has 0 aliphatic rings. The van der Waals surface area contributed by atoms with E-state index in [1.165, 1.54) is 6.07 Å². The molecule has 0 aliphatic heterocycles. The van der Waals surface area contributed by atoms with Gasteiger partial charge in [-0.2, -0.15) is 0 Å². The fourth-order valence-electron chi connectivity index (χ4n) is 2.05. The Labute approximate surface area is 124 Å². The van der Waals surface area contributed by atoms with Crippen molar-refractivity contribution < 1.29 is 4.79 Å². The summed E-state index contributed by atoms with van der Waals surface area (Å²) in [7, 11) is 0. The first kappa shape index (κ1) is 13.3. The van der Waals surface area contributed by atoms with Crippen LogP contribution in [0, 0.1) is 0 Å². The lowest BCUT2D eigenvalue weighted by Gasteiger charge is -2.07. The molecule has 0 unspecified atom stereocenters. The predicted octanol–water partition coefficient (Wildman–Crippen LogP) is 2.83. The normalized spacial score (nSPS) is 10.5. The summed E-state index contributed by atoms with van der Waals surface area (Å²) in [6.45, 7) is 0. The molecule has 0 spiro atoms. The Bertz CT molecular complexity index is 889. The van der Waals surface area contributed by atoms with Crippen LogP contribution in [0.1, 0.15) is 10.4 Å². The first-order chi connectivity index (χ1) is 10.1. The molecule has 0 atom stereocenters. The predicted molar refractivity (Wildman–Crippen MR) is 81.8 cm³/mol. The molecule has 104 valence electrons. The van der Waals surface area contributed by atoms with Crippen LogP contribution in [0.15, 0.2) is 53.3 Å². The van der Waals surface area contributed by atoms with Gasteiger partial charge in [-0.25, -0.2) is 4.98 Å². The maximum atomic E-state index is 12.3. The van der Waals surface area contributed by atoms with Crippen molar-refractivity contribution in [1.82, 2.24) is 9.97 Å². The van der Waals surface area contributed by atoms with Gasteiger partial charge >= 0.3 is 0 Å². The van der Waals surface area contributed by atoms with Gasteiger partial charge in [0, 0.05) is 17.0 Å². The molecule has 2 aromatic heterocycles. The molecule has 5 nitrogen and oxygen atoms in total. The van der Waals surface area contributed by atoms with E-state index in [2.05, 4.69) is 15.3 Å². The average molecular weight is 300 g/mol. The smallest absolute Gasteiger partial charge is 0.257 e.